The minimum absolute atomic E-state index is 0.00975. The Morgan fingerprint density at radius 3 is 1.82 bits per heavy atom. The zero-order valence-electron chi connectivity index (χ0n) is 38.0. The van der Waals surface area contributed by atoms with Crippen LogP contribution in [0.2, 0.25) is 0 Å². The second-order valence-electron chi connectivity index (χ2n) is 20.8. The second kappa shape index (κ2) is 15.7. The summed E-state index contributed by atoms with van der Waals surface area (Å²) in [6.07, 6.45) is 2.90. The van der Waals surface area contributed by atoms with E-state index in [1.165, 1.54) is 33.4 Å². The Hall–Kier alpha value is -4.99. The van der Waals surface area contributed by atoms with E-state index >= 15 is 0 Å². The van der Waals surface area contributed by atoms with Crippen LogP contribution in [0, 0.1) is 15.9 Å². The van der Waals surface area contributed by atoms with Gasteiger partial charge in [0.15, 0.2) is 0 Å². The Bertz CT molecular complexity index is 2770. The van der Waals surface area contributed by atoms with E-state index in [2.05, 4.69) is 226 Å². The van der Waals surface area contributed by atoms with Gasteiger partial charge < -0.3 is 0 Å². The van der Waals surface area contributed by atoms with Crippen molar-refractivity contribution in [2.24, 2.45) is 0 Å². The Labute approximate surface area is 374 Å². The molecule has 0 spiro atoms. The van der Waals surface area contributed by atoms with Crippen LogP contribution in [0.1, 0.15) is 129 Å². The molecule has 1 atom stereocenters. The van der Waals surface area contributed by atoms with E-state index in [0.717, 1.165) is 50.7 Å². The van der Waals surface area contributed by atoms with Crippen LogP contribution < -0.4 is 9.64 Å². The first-order valence-corrected chi connectivity index (χ1v) is 22.8. The fourth-order valence-electron chi connectivity index (χ4n) is 8.33. The van der Waals surface area contributed by atoms with Crippen LogP contribution >= 0.6 is 0 Å². The summed E-state index contributed by atoms with van der Waals surface area (Å²) in [5.74, 6) is 2.40. The van der Waals surface area contributed by atoms with Gasteiger partial charge in [-0.15, -0.1) is 0 Å². The van der Waals surface area contributed by atoms with E-state index < -0.39 is 0 Å². The quantitative estimate of drug-likeness (QED) is 0.156. The standard InChI is InChI=1S/C55H60N4O.Pt/c1-52(2,3)38-20-22-42(23-21-38)58-36-59(49-19-14-13-18-48(49)58)43-16-15-17-44(34-43)60-45-24-25-47-46(37-30-40(54(7,8)9)32-41(31-37)55(10,11)12)27-29-57(50(47)35-45)51-33-39(26-28-56-51)53(4,5)6;/h13-26,28,30-33,46H,27,29H2,1-12H3;/q-2;. The van der Waals surface area contributed by atoms with Crippen LogP contribution in [-0.2, 0) is 41.0 Å². The second-order valence-corrected chi connectivity index (χ2v) is 21.8. The van der Waals surface area contributed by atoms with E-state index in [9.17, 15) is 0 Å². The van der Waals surface area contributed by atoms with E-state index in [-0.39, 0.29) is 27.6 Å². The van der Waals surface area contributed by atoms with Gasteiger partial charge in [0.1, 0.15) is 0 Å². The number of fused-ring (bicyclic) bond motifs is 2. The number of imidazole rings is 1. The summed E-state index contributed by atoms with van der Waals surface area (Å²) in [5.41, 5.74) is 13.3. The maximum atomic E-state index is 6.75. The van der Waals surface area contributed by atoms with E-state index in [0.29, 0.717) is 11.5 Å². The molecule has 5 nitrogen and oxygen atoms in total. The summed E-state index contributed by atoms with van der Waals surface area (Å²) in [4.78, 5) is 7.29. The normalized spacial score (nSPS) is 15.0. The van der Waals surface area contributed by atoms with E-state index in [1.54, 1.807) is 0 Å². The molecule has 0 saturated carbocycles. The van der Waals surface area contributed by atoms with Crippen LogP contribution in [0.4, 0.5) is 11.5 Å². The van der Waals surface area contributed by atoms with Gasteiger partial charge in [-0.05, 0) is 39.0 Å². The third-order valence-electron chi connectivity index (χ3n) is 12.1. The van der Waals surface area contributed by atoms with Crippen molar-refractivity contribution in [3.8, 4) is 22.9 Å². The first kappa shape index (κ1) is 42.7. The van der Waals surface area contributed by atoms with Crippen LogP contribution in [0.3, 0.4) is 0 Å². The number of aromatic nitrogens is 3. The molecule has 7 aromatic rings. The van der Waals surface area contributed by atoms with Crippen molar-refractivity contribution in [3.63, 3.8) is 0 Å². The summed E-state index contributed by atoms with van der Waals surface area (Å²) in [7, 11) is 0. The fraction of sp³-hybridized carbons (Fsp3) is 0.345. The molecular weight excluding hydrogens is 928 g/mol. The number of hydrogen-bond acceptors (Lipinski definition) is 3. The predicted octanol–water partition coefficient (Wildman–Crippen LogP) is 14.2. The third-order valence-corrected chi connectivity index (χ3v) is 13.1. The van der Waals surface area contributed by atoms with Gasteiger partial charge in [-0.3, -0.25) is 0 Å². The monoisotopic (exact) mass is 987 g/mol. The molecule has 0 radical (unpaired) electrons. The van der Waals surface area contributed by atoms with Crippen molar-refractivity contribution in [2.45, 2.75) is 117 Å². The number of benzene rings is 5. The zero-order valence-corrected chi connectivity index (χ0v) is 40.2. The molecule has 0 amide bonds. The van der Waals surface area contributed by atoms with Crippen LogP contribution in [0.25, 0.3) is 22.4 Å². The molecule has 2 aromatic heterocycles. The molecular formula is C55H60N4OPt-2. The third kappa shape index (κ3) is 8.61. The first-order valence-electron chi connectivity index (χ1n) is 21.6. The van der Waals surface area contributed by atoms with E-state index in [4.69, 9.17) is 9.72 Å². The SMILES string of the molecule is CC(C)(C)c1ccc(-n2[c](=[Pt])n(-c3[c-]c(Oc4[c-]c5c(cc4)C(c4cc(C(C)(C)C)cc(C(C)(C)C)c4)CCN5c4cc(C(C)(C)C)ccn4)ccc3)c3ccccc32)cc1. The van der Waals surface area contributed by atoms with Crippen LogP contribution in [-0.4, -0.2) is 20.7 Å². The number of nitrogens with zero attached hydrogens (tertiary/aromatic N) is 4. The number of pyridine rings is 1. The van der Waals surface area contributed by atoms with Gasteiger partial charge in [0.05, 0.1) is 0 Å². The van der Waals surface area contributed by atoms with Gasteiger partial charge in [0.25, 0.3) is 0 Å². The van der Waals surface area contributed by atoms with Crippen molar-refractivity contribution in [1.29, 1.82) is 0 Å². The number of ether oxygens (including phenoxy) is 1. The van der Waals surface area contributed by atoms with Gasteiger partial charge >= 0.3 is 251 Å². The Morgan fingerprint density at radius 2 is 1.20 bits per heavy atom. The van der Waals surface area contributed by atoms with Gasteiger partial charge in [-0.25, -0.2) is 0 Å². The van der Waals surface area contributed by atoms with Crippen molar-refractivity contribution >= 4 is 22.5 Å². The molecule has 0 bridgehead atoms. The van der Waals surface area contributed by atoms with E-state index in [1.807, 2.05) is 18.3 Å². The molecule has 61 heavy (non-hydrogen) atoms. The minimum atomic E-state index is -0.00975. The zero-order chi connectivity index (χ0) is 43.6. The fourth-order valence-corrected chi connectivity index (χ4v) is 9.45. The summed E-state index contributed by atoms with van der Waals surface area (Å²) >= 11 is 2.44. The molecule has 3 heterocycles. The summed E-state index contributed by atoms with van der Waals surface area (Å²) in [6, 6.07) is 47.1. The summed E-state index contributed by atoms with van der Waals surface area (Å²) in [6.45, 7) is 28.2. The summed E-state index contributed by atoms with van der Waals surface area (Å²) in [5, 5.41) is 0. The molecule has 6 heteroatoms. The Morgan fingerprint density at radius 1 is 0.590 bits per heavy atom. The van der Waals surface area contributed by atoms with Gasteiger partial charge in [0.2, 0.25) is 0 Å². The average molecular weight is 988 g/mol. The molecule has 1 aliphatic heterocycles. The van der Waals surface area contributed by atoms with Gasteiger partial charge in [-0.2, -0.15) is 0 Å². The number of rotatable bonds is 6. The van der Waals surface area contributed by atoms with Crippen LogP contribution in [0.15, 0.2) is 115 Å². The molecule has 0 fully saturated rings. The van der Waals surface area contributed by atoms with Crippen LogP contribution in [0.5, 0.6) is 11.5 Å². The van der Waals surface area contributed by atoms with Crippen molar-refractivity contribution in [3.05, 3.63) is 165 Å². The number of hydrogen-bond donors (Lipinski definition) is 0. The molecule has 0 aliphatic carbocycles. The van der Waals surface area contributed by atoms with Crippen molar-refractivity contribution < 1.29 is 24.1 Å². The maximum absolute atomic E-state index is 6.75. The molecule has 8 rings (SSSR count). The predicted molar refractivity (Wildman–Crippen MR) is 249 cm³/mol. The molecule has 5 aromatic carbocycles. The molecule has 0 saturated heterocycles. The molecule has 1 unspecified atom stereocenters. The summed E-state index contributed by atoms with van der Waals surface area (Å²) < 4.78 is 12.4. The topological polar surface area (TPSA) is 35.2 Å². The van der Waals surface area contributed by atoms with Crippen molar-refractivity contribution in [1.82, 2.24) is 14.1 Å². The average Bonchev–Trinajstić information content (AvgIpc) is 3.50. The van der Waals surface area contributed by atoms with Gasteiger partial charge in [0, 0.05) is 6.20 Å². The molecule has 1 aliphatic rings. The van der Waals surface area contributed by atoms with Gasteiger partial charge in [-0.1, -0.05) is 80.5 Å². The Balaban J connectivity index is 1.20. The molecule has 0 N–H and O–H groups in total. The molecule has 318 valence electrons. The first-order chi connectivity index (χ1) is 28.7. The number of para-hydroxylation sites is 2. The number of anilines is 2. The Kier molecular flexibility index (Phi) is 11.0. The van der Waals surface area contributed by atoms with Crippen molar-refractivity contribution in [2.75, 3.05) is 11.4 Å².